The summed E-state index contributed by atoms with van der Waals surface area (Å²) in [4.78, 5) is 6.35. The molecule has 4 heteroatoms. The molecule has 0 rings (SSSR count). The molecule has 0 aromatic heterocycles. The third kappa shape index (κ3) is 7.19. The molecule has 0 amide bonds. The van der Waals surface area contributed by atoms with Crippen LogP contribution < -0.4 is 5.73 Å². The molecule has 0 bridgehead atoms. The number of aliphatic imine (C=N–C) groups is 1. The minimum Gasteiger partial charge on any atom is -0.379 e. The van der Waals surface area contributed by atoms with E-state index in [-0.39, 0.29) is 0 Å². The van der Waals surface area contributed by atoms with Gasteiger partial charge >= 0.3 is 0 Å². The van der Waals surface area contributed by atoms with E-state index in [1.807, 2.05) is 18.7 Å². The summed E-state index contributed by atoms with van der Waals surface area (Å²) >= 11 is 0. The van der Waals surface area contributed by atoms with E-state index in [2.05, 4.69) is 18.8 Å². The lowest BCUT2D eigenvalue weighted by molar-refractivity contribution is 0.0782. The minimum atomic E-state index is 0.300. The van der Waals surface area contributed by atoms with Crippen LogP contribution in [0.3, 0.4) is 0 Å². The largest absolute Gasteiger partial charge is 0.379 e. The first kappa shape index (κ1) is 14.2. The monoisotopic (exact) mass is 215 g/mol. The summed E-state index contributed by atoms with van der Waals surface area (Å²) in [6, 6.07) is 0. The second kappa shape index (κ2) is 8.53. The molecule has 0 heterocycles. The van der Waals surface area contributed by atoms with Crippen molar-refractivity contribution >= 4 is 5.96 Å². The second-order valence-corrected chi connectivity index (χ2v) is 3.69. The van der Waals surface area contributed by atoms with E-state index < -0.39 is 0 Å². The van der Waals surface area contributed by atoms with E-state index in [1.54, 1.807) is 0 Å². The van der Waals surface area contributed by atoms with E-state index in [1.165, 1.54) is 0 Å². The minimum absolute atomic E-state index is 0.300. The van der Waals surface area contributed by atoms with Crippen molar-refractivity contribution in [2.45, 2.75) is 40.2 Å². The summed E-state index contributed by atoms with van der Waals surface area (Å²) in [5.74, 6) is 0.643. The van der Waals surface area contributed by atoms with Crippen molar-refractivity contribution < 1.29 is 4.74 Å². The maximum absolute atomic E-state index is 5.82. The van der Waals surface area contributed by atoms with Gasteiger partial charge in [-0.2, -0.15) is 0 Å². The first-order valence-electron chi connectivity index (χ1n) is 5.78. The summed E-state index contributed by atoms with van der Waals surface area (Å²) in [5.41, 5.74) is 5.82. The van der Waals surface area contributed by atoms with Gasteiger partial charge in [0.15, 0.2) is 5.96 Å². The molecule has 0 aromatic carbocycles. The second-order valence-electron chi connectivity index (χ2n) is 3.69. The van der Waals surface area contributed by atoms with Crippen LogP contribution in [-0.2, 0) is 4.74 Å². The quantitative estimate of drug-likeness (QED) is 0.397. The summed E-state index contributed by atoms with van der Waals surface area (Å²) in [5, 5.41) is 0. The van der Waals surface area contributed by atoms with Gasteiger partial charge in [-0.25, -0.2) is 0 Å². The number of rotatable bonds is 7. The highest BCUT2D eigenvalue weighted by atomic mass is 16.5. The smallest absolute Gasteiger partial charge is 0.191 e. The van der Waals surface area contributed by atoms with Crippen LogP contribution in [0.25, 0.3) is 0 Å². The van der Waals surface area contributed by atoms with Gasteiger partial charge in [-0.3, -0.25) is 4.99 Å². The Balaban J connectivity index is 3.66. The first-order chi connectivity index (χ1) is 7.11. The summed E-state index contributed by atoms with van der Waals surface area (Å²) in [7, 11) is 0. The molecule has 0 aliphatic rings. The van der Waals surface area contributed by atoms with Crippen molar-refractivity contribution in [2.24, 2.45) is 10.7 Å². The number of ether oxygens (including phenoxy) is 1. The Bertz CT molecular complexity index is 177. The van der Waals surface area contributed by atoms with Crippen molar-refractivity contribution in [1.82, 2.24) is 4.90 Å². The molecule has 0 aliphatic carbocycles. The Morgan fingerprint density at radius 1 is 1.33 bits per heavy atom. The van der Waals surface area contributed by atoms with Crippen LogP contribution in [0, 0.1) is 0 Å². The van der Waals surface area contributed by atoms with E-state index in [0.29, 0.717) is 12.1 Å². The first-order valence-corrected chi connectivity index (χ1v) is 5.78. The fourth-order valence-electron chi connectivity index (χ4n) is 1.22. The predicted molar refractivity (Wildman–Crippen MR) is 65.1 cm³/mol. The van der Waals surface area contributed by atoms with Gasteiger partial charge in [-0.15, -0.1) is 0 Å². The number of hydrogen-bond acceptors (Lipinski definition) is 2. The lowest BCUT2D eigenvalue weighted by atomic mass is 10.4. The van der Waals surface area contributed by atoms with Gasteiger partial charge < -0.3 is 15.4 Å². The Kier molecular flexibility index (Phi) is 8.09. The van der Waals surface area contributed by atoms with Crippen LogP contribution >= 0.6 is 0 Å². The molecular weight excluding hydrogens is 190 g/mol. The molecule has 0 spiro atoms. The van der Waals surface area contributed by atoms with Gasteiger partial charge in [0.1, 0.15) is 0 Å². The Hall–Kier alpha value is -0.770. The molecule has 4 nitrogen and oxygen atoms in total. The van der Waals surface area contributed by atoms with Crippen LogP contribution in [0.2, 0.25) is 0 Å². The molecule has 0 atom stereocenters. The van der Waals surface area contributed by atoms with Crippen LogP contribution in [0.15, 0.2) is 4.99 Å². The molecule has 15 heavy (non-hydrogen) atoms. The molecular formula is C11H25N3O. The topological polar surface area (TPSA) is 50.8 Å². The number of hydrogen-bond donors (Lipinski definition) is 1. The van der Waals surface area contributed by atoms with Crippen molar-refractivity contribution in [1.29, 1.82) is 0 Å². The van der Waals surface area contributed by atoms with E-state index in [0.717, 1.165) is 32.7 Å². The third-order valence-electron chi connectivity index (χ3n) is 2.11. The lowest BCUT2D eigenvalue weighted by Crippen LogP contribution is -2.37. The van der Waals surface area contributed by atoms with E-state index >= 15 is 0 Å². The van der Waals surface area contributed by atoms with Crippen molar-refractivity contribution in [3.63, 3.8) is 0 Å². The Morgan fingerprint density at radius 3 is 2.40 bits per heavy atom. The fraction of sp³-hybridized carbons (Fsp3) is 0.909. The highest BCUT2D eigenvalue weighted by molar-refractivity contribution is 5.77. The maximum Gasteiger partial charge on any atom is 0.191 e. The van der Waals surface area contributed by atoms with Crippen molar-refractivity contribution in [2.75, 3.05) is 26.2 Å². The molecule has 0 saturated heterocycles. The highest BCUT2D eigenvalue weighted by Gasteiger charge is 2.00. The lowest BCUT2D eigenvalue weighted by Gasteiger charge is -2.19. The molecule has 0 radical (unpaired) electrons. The van der Waals surface area contributed by atoms with Crippen molar-refractivity contribution in [3.8, 4) is 0 Å². The summed E-state index contributed by atoms with van der Waals surface area (Å²) in [6.45, 7) is 11.5. The highest BCUT2D eigenvalue weighted by Crippen LogP contribution is 1.92. The van der Waals surface area contributed by atoms with Gasteiger partial charge in [0, 0.05) is 26.2 Å². The number of nitrogens with zero attached hydrogens (tertiary/aromatic N) is 2. The zero-order chi connectivity index (χ0) is 11.7. The average Bonchev–Trinajstić information content (AvgIpc) is 2.18. The van der Waals surface area contributed by atoms with Gasteiger partial charge in [0.25, 0.3) is 0 Å². The van der Waals surface area contributed by atoms with Crippen molar-refractivity contribution in [3.05, 3.63) is 0 Å². The normalized spacial score (nSPS) is 12.2. The van der Waals surface area contributed by atoms with Crippen LogP contribution in [0.5, 0.6) is 0 Å². The van der Waals surface area contributed by atoms with E-state index in [4.69, 9.17) is 10.5 Å². The SMILES string of the molecule is CCN(CC)C(N)=NCCCOC(C)C. The predicted octanol–water partition coefficient (Wildman–Crippen LogP) is 1.46. The summed E-state index contributed by atoms with van der Waals surface area (Å²) in [6.07, 6.45) is 1.23. The zero-order valence-electron chi connectivity index (χ0n) is 10.5. The number of guanidine groups is 1. The van der Waals surface area contributed by atoms with Gasteiger partial charge in [0.2, 0.25) is 0 Å². The molecule has 0 aromatic rings. The van der Waals surface area contributed by atoms with Crippen LogP contribution in [0.4, 0.5) is 0 Å². The van der Waals surface area contributed by atoms with Gasteiger partial charge in [-0.05, 0) is 34.1 Å². The third-order valence-corrected chi connectivity index (χ3v) is 2.11. The Labute approximate surface area is 93.5 Å². The number of nitrogens with two attached hydrogens (primary N) is 1. The summed E-state index contributed by atoms with van der Waals surface area (Å²) < 4.78 is 5.41. The standard InChI is InChI=1S/C11H25N3O/c1-5-14(6-2)11(12)13-8-7-9-15-10(3)4/h10H,5-9H2,1-4H3,(H2,12,13). The molecule has 90 valence electrons. The van der Waals surface area contributed by atoms with E-state index in [9.17, 15) is 0 Å². The molecule has 2 N–H and O–H groups in total. The molecule has 0 saturated carbocycles. The Morgan fingerprint density at radius 2 is 1.93 bits per heavy atom. The van der Waals surface area contributed by atoms with Gasteiger partial charge in [0.05, 0.1) is 6.10 Å². The maximum atomic E-state index is 5.82. The molecule has 0 unspecified atom stereocenters. The van der Waals surface area contributed by atoms with Gasteiger partial charge in [-0.1, -0.05) is 0 Å². The average molecular weight is 215 g/mol. The fourth-order valence-corrected chi connectivity index (χ4v) is 1.22. The molecule has 0 fully saturated rings. The van der Waals surface area contributed by atoms with Crippen LogP contribution in [0.1, 0.15) is 34.1 Å². The van der Waals surface area contributed by atoms with Crippen LogP contribution in [-0.4, -0.2) is 43.2 Å². The molecule has 0 aliphatic heterocycles. The zero-order valence-corrected chi connectivity index (χ0v) is 10.5.